The first-order valence-corrected chi connectivity index (χ1v) is 6.28. The summed E-state index contributed by atoms with van der Waals surface area (Å²) < 4.78 is 10.2. The van der Waals surface area contributed by atoms with E-state index < -0.39 is 4.92 Å². The van der Waals surface area contributed by atoms with Crippen LogP contribution in [-0.2, 0) is 0 Å². The number of benzene rings is 2. The Balaban J connectivity index is 2.46. The summed E-state index contributed by atoms with van der Waals surface area (Å²) >= 11 is 0. The number of nitro benzene ring substituents is 1. The van der Waals surface area contributed by atoms with E-state index >= 15 is 0 Å². The van der Waals surface area contributed by atoms with E-state index in [1.165, 1.54) is 44.7 Å². The van der Waals surface area contributed by atoms with E-state index in [1.807, 2.05) is 0 Å². The van der Waals surface area contributed by atoms with Gasteiger partial charge in [-0.3, -0.25) is 15.1 Å². The fraction of sp³-hybridized carbons (Fsp3) is 0.133. The monoisotopic (exact) mass is 302 g/mol. The molecule has 0 bridgehead atoms. The summed E-state index contributed by atoms with van der Waals surface area (Å²) in [4.78, 5) is 14.8. The SMILES string of the molecule is COc1cc(C=Nc2cccc(O)c2)c([N+](=O)[O-])cc1OC. The molecule has 0 saturated carbocycles. The molecule has 0 aliphatic carbocycles. The largest absolute Gasteiger partial charge is 0.508 e. The Morgan fingerprint density at radius 1 is 1.18 bits per heavy atom. The first kappa shape index (κ1) is 15.3. The summed E-state index contributed by atoms with van der Waals surface area (Å²) in [5.41, 5.74) is 0.594. The summed E-state index contributed by atoms with van der Waals surface area (Å²) in [5, 5.41) is 20.5. The first-order valence-electron chi connectivity index (χ1n) is 6.28. The molecule has 0 unspecified atom stereocenters. The van der Waals surface area contributed by atoms with Crippen molar-refractivity contribution >= 4 is 17.6 Å². The molecule has 0 aromatic heterocycles. The summed E-state index contributed by atoms with van der Waals surface area (Å²) in [5.74, 6) is 0.700. The molecule has 0 radical (unpaired) electrons. The van der Waals surface area contributed by atoms with E-state index in [0.717, 1.165) is 0 Å². The van der Waals surface area contributed by atoms with E-state index in [1.54, 1.807) is 12.1 Å². The fourth-order valence-electron chi connectivity index (χ4n) is 1.86. The van der Waals surface area contributed by atoms with E-state index in [0.29, 0.717) is 11.4 Å². The van der Waals surface area contributed by atoms with Crippen molar-refractivity contribution in [2.24, 2.45) is 4.99 Å². The molecule has 2 rings (SSSR count). The summed E-state index contributed by atoms with van der Waals surface area (Å²) in [6.07, 6.45) is 1.34. The summed E-state index contributed by atoms with van der Waals surface area (Å²) in [6.45, 7) is 0. The van der Waals surface area contributed by atoms with Gasteiger partial charge in [0.15, 0.2) is 11.5 Å². The maximum Gasteiger partial charge on any atom is 0.282 e. The lowest BCUT2D eigenvalue weighted by Gasteiger charge is -2.08. The zero-order valence-corrected chi connectivity index (χ0v) is 12.0. The molecule has 22 heavy (non-hydrogen) atoms. The van der Waals surface area contributed by atoms with Crippen LogP contribution in [0.4, 0.5) is 11.4 Å². The molecule has 7 nitrogen and oxygen atoms in total. The number of aromatic hydroxyl groups is 1. The second kappa shape index (κ2) is 6.57. The molecule has 0 aliphatic heterocycles. The third kappa shape index (κ3) is 3.32. The van der Waals surface area contributed by atoms with Gasteiger partial charge >= 0.3 is 0 Å². The van der Waals surface area contributed by atoms with Crippen molar-refractivity contribution in [1.82, 2.24) is 0 Å². The zero-order chi connectivity index (χ0) is 16.1. The quantitative estimate of drug-likeness (QED) is 0.520. The topological polar surface area (TPSA) is 94.2 Å². The third-order valence-electron chi connectivity index (χ3n) is 2.91. The number of phenols is 1. The van der Waals surface area contributed by atoms with Crippen molar-refractivity contribution in [2.45, 2.75) is 0 Å². The molecular formula is C15H14N2O5. The molecule has 0 spiro atoms. The van der Waals surface area contributed by atoms with Crippen molar-refractivity contribution in [3.8, 4) is 17.2 Å². The molecule has 0 aliphatic rings. The number of nitrogens with zero attached hydrogens (tertiary/aromatic N) is 2. The van der Waals surface area contributed by atoms with E-state index in [4.69, 9.17) is 9.47 Å². The summed E-state index contributed by atoms with van der Waals surface area (Å²) in [7, 11) is 2.85. The number of hydrogen-bond donors (Lipinski definition) is 1. The predicted octanol–water partition coefficient (Wildman–Crippen LogP) is 3.07. The smallest absolute Gasteiger partial charge is 0.282 e. The van der Waals surface area contributed by atoms with Gasteiger partial charge in [-0.05, 0) is 18.2 Å². The van der Waals surface area contributed by atoms with Gasteiger partial charge in [-0.2, -0.15) is 0 Å². The average molecular weight is 302 g/mol. The molecule has 0 amide bonds. The van der Waals surface area contributed by atoms with Crippen LogP contribution in [0.2, 0.25) is 0 Å². The van der Waals surface area contributed by atoms with Crippen LogP contribution in [0.15, 0.2) is 41.4 Å². The van der Waals surface area contributed by atoms with Crippen LogP contribution < -0.4 is 9.47 Å². The van der Waals surface area contributed by atoms with Crippen LogP contribution >= 0.6 is 0 Å². The highest BCUT2D eigenvalue weighted by Crippen LogP contribution is 2.34. The normalized spacial score (nSPS) is 10.6. The Kier molecular flexibility index (Phi) is 4.57. The highest BCUT2D eigenvalue weighted by atomic mass is 16.6. The number of methoxy groups -OCH3 is 2. The lowest BCUT2D eigenvalue weighted by molar-refractivity contribution is -0.385. The predicted molar refractivity (Wildman–Crippen MR) is 81.6 cm³/mol. The molecule has 7 heteroatoms. The summed E-state index contributed by atoms with van der Waals surface area (Å²) in [6, 6.07) is 9.01. The maximum atomic E-state index is 11.2. The number of phenolic OH excluding ortho intramolecular Hbond substituents is 1. The van der Waals surface area contributed by atoms with E-state index in [2.05, 4.69) is 4.99 Å². The van der Waals surface area contributed by atoms with Crippen molar-refractivity contribution in [3.63, 3.8) is 0 Å². The standard InChI is InChI=1S/C15H14N2O5/c1-21-14-6-10(13(17(19)20)8-15(14)22-2)9-16-11-4-3-5-12(18)7-11/h3-9,18H,1-2H3. The van der Waals surface area contributed by atoms with Gasteiger partial charge in [0.1, 0.15) is 5.75 Å². The second-order valence-corrected chi connectivity index (χ2v) is 4.30. The lowest BCUT2D eigenvalue weighted by atomic mass is 10.1. The highest BCUT2D eigenvalue weighted by molar-refractivity contribution is 5.88. The first-order chi connectivity index (χ1) is 10.5. The van der Waals surface area contributed by atoms with Crippen molar-refractivity contribution < 1.29 is 19.5 Å². The van der Waals surface area contributed by atoms with Crippen LogP contribution in [0.25, 0.3) is 0 Å². The minimum absolute atomic E-state index is 0.0662. The van der Waals surface area contributed by atoms with Gasteiger partial charge in [-0.25, -0.2) is 0 Å². The van der Waals surface area contributed by atoms with Crippen LogP contribution in [-0.4, -0.2) is 30.5 Å². The lowest BCUT2D eigenvalue weighted by Crippen LogP contribution is -1.98. The molecule has 1 N–H and O–H groups in total. The van der Waals surface area contributed by atoms with Crippen LogP contribution in [0.1, 0.15) is 5.56 Å². The van der Waals surface area contributed by atoms with Crippen LogP contribution in [0, 0.1) is 10.1 Å². The van der Waals surface area contributed by atoms with Gasteiger partial charge < -0.3 is 14.6 Å². The van der Waals surface area contributed by atoms with Gasteiger partial charge in [-0.1, -0.05) is 6.07 Å². The third-order valence-corrected chi connectivity index (χ3v) is 2.91. The molecule has 2 aromatic rings. The number of rotatable bonds is 5. The minimum atomic E-state index is -0.522. The Morgan fingerprint density at radius 2 is 1.86 bits per heavy atom. The Morgan fingerprint density at radius 3 is 2.45 bits per heavy atom. The number of ether oxygens (including phenoxy) is 2. The molecule has 0 saturated heterocycles. The fourth-order valence-corrected chi connectivity index (χ4v) is 1.86. The zero-order valence-electron chi connectivity index (χ0n) is 12.0. The van der Waals surface area contributed by atoms with Gasteiger partial charge in [-0.15, -0.1) is 0 Å². The molecular weight excluding hydrogens is 288 g/mol. The maximum absolute atomic E-state index is 11.2. The Bertz CT molecular complexity index is 728. The van der Waals surface area contributed by atoms with Crippen LogP contribution in [0.3, 0.4) is 0 Å². The van der Waals surface area contributed by atoms with Gasteiger partial charge in [0, 0.05) is 12.3 Å². The Hall–Kier alpha value is -3.09. The molecule has 0 heterocycles. The molecule has 0 fully saturated rings. The van der Waals surface area contributed by atoms with E-state index in [9.17, 15) is 15.2 Å². The minimum Gasteiger partial charge on any atom is -0.508 e. The number of aliphatic imine (C=N–C) groups is 1. The highest BCUT2D eigenvalue weighted by Gasteiger charge is 2.18. The van der Waals surface area contributed by atoms with Crippen LogP contribution in [0.5, 0.6) is 17.2 Å². The van der Waals surface area contributed by atoms with Gasteiger partial charge in [0.2, 0.25) is 0 Å². The van der Waals surface area contributed by atoms with Gasteiger partial charge in [0.05, 0.1) is 36.5 Å². The van der Waals surface area contributed by atoms with Crippen molar-refractivity contribution in [2.75, 3.05) is 14.2 Å². The average Bonchev–Trinajstić information content (AvgIpc) is 2.51. The molecule has 0 atom stereocenters. The number of hydrogen-bond acceptors (Lipinski definition) is 6. The van der Waals surface area contributed by atoms with Crippen molar-refractivity contribution in [3.05, 3.63) is 52.1 Å². The van der Waals surface area contributed by atoms with E-state index in [-0.39, 0.29) is 22.7 Å². The molecule has 2 aromatic carbocycles. The second-order valence-electron chi connectivity index (χ2n) is 4.30. The number of nitro groups is 1. The van der Waals surface area contributed by atoms with Gasteiger partial charge in [0.25, 0.3) is 5.69 Å². The van der Waals surface area contributed by atoms with Crippen molar-refractivity contribution in [1.29, 1.82) is 0 Å². The molecule has 114 valence electrons. The Labute approximate surface area is 126 Å².